The van der Waals surface area contributed by atoms with Gasteiger partial charge in [-0.3, -0.25) is 4.90 Å². The lowest BCUT2D eigenvalue weighted by Gasteiger charge is -2.14. The maximum atomic E-state index is 13.7. The van der Waals surface area contributed by atoms with Gasteiger partial charge in [-0.25, -0.2) is 23.1 Å². The number of rotatable bonds is 3. The van der Waals surface area contributed by atoms with Crippen molar-refractivity contribution >= 4 is 11.7 Å². The number of nitrogens with zero attached hydrogens (tertiary/aromatic N) is 4. The maximum Gasteiger partial charge on any atom is 0.354 e. The molecule has 2 aromatic carbocycles. The molecule has 25 heavy (non-hydrogen) atoms. The van der Waals surface area contributed by atoms with Crippen LogP contribution in [0.5, 0.6) is 0 Å². The van der Waals surface area contributed by atoms with E-state index >= 15 is 0 Å². The van der Waals surface area contributed by atoms with Crippen LogP contribution in [0.1, 0.15) is 11.4 Å². The van der Waals surface area contributed by atoms with Gasteiger partial charge in [0, 0.05) is 11.3 Å². The van der Waals surface area contributed by atoms with Crippen LogP contribution in [0.2, 0.25) is 0 Å². The summed E-state index contributed by atoms with van der Waals surface area (Å²) < 4.78 is 28.8. The number of hydrogen-bond acceptors (Lipinski definition) is 3. The second kappa shape index (κ2) is 5.66. The fraction of sp³-hybridized carbons (Fsp3) is 0.118. The lowest BCUT2D eigenvalue weighted by atomic mass is 10.2. The Hall–Kier alpha value is -3.29. The zero-order valence-electron chi connectivity index (χ0n) is 12.9. The monoisotopic (exact) mass is 342 g/mol. The van der Waals surface area contributed by atoms with Crippen LogP contribution in [-0.4, -0.2) is 20.4 Å². The molecule has 3 aromatic rings. The minimum atomic E-state index is -0.632. The zero-order valence-corrected chi connectivity index (χ0v) is 12.9. The van der Waals surface area contributed by atoms with E-state index in [-0.39, 0.29) is 18.9 Å². The predicted octanol–water partition coefficient (Wildman–Crippen LogP) is 2.36. The second-order valence-electron chi connectivity index (χ2n) is 5.63. The fourth-order valence-electron chi connectivity index (χ4n) is 2.79. The van der Waals surface area contributed by atoms with Crippen molar-refractivity contribution in [3.8, 4) is 0 Å². The molecule has 1 aliphatic rings. The molecule has 126 valence electrons. The van der Waals surface area contributed by atoms with Crippen molar-refractivity contribution in [1.29, 1.82) is 0 Å². The molecule has 0 unspecified atom stereocenters. The molecule has 0 fully saturated rings. The molecule has 2 heterocycles. The van der Waals surface area contributed by atoms with E-state index in [0.29, 0.717) is 11.3 Å². The summed E-state index contributed by atoms with van der Waals surface area (Å²) in [7, 11) is 0. The number of benzene rings is 2. The standard InChI is InChI=1S/C17H12F2N4O2/c18-12-5-7-13(8-6-12)21-10-15-20-22(17(25)23(15)16(21)24)9-11-3-1-2-4-14(11)19/h1-8H,9-10H2. The highest BCUT2D eigenvalue weighted by Crippen LogP contribution is 2.22. The van der Waals surface area contributed by atoms with Gasteiger partial charge >= 0.3 is 11.7 Å². The minimum absolute atomic E-state index is 0.0602. The van der Waals surface area contributed by atoms with Crippen molar-refractivity contribution in [3.63, 3.8) is 0 Å². The van der Waals surface area contributed by atoms with Crippen LogP contribution in [-0.2, 0) is 13.1 Å². The molecule has 4 rings (SSSR count). The van der Waals surface area contributed by atoms with E-state index in [1.165, 1.54) is 35.2 Å². The first-order valence-corrected chi connectivity index (χ1v) is 7.54. The summed E-state index contributed by atoms with van der Waals surface area (Å²) in [6, 6.07) is 10.9. The number of halogens is 2. The van der Waals surface area contributed by atoms with Crippen molar-refractivity contribution in [2.45, 2.75) is 13.1 Å². The van der Waals surface area contributed by atoms with E-state index in [1.54, 1.807) is 18.2 Å². The van der Waals surface area contributed by atoms with E-state index in [0.717, 1.165) is 9.25 Å². The number of amides is 1. The van der Waals surface area contributed by atoms with E-state index in [1.807, 2.05) is 0 Å². The van der Waals surface area contributed by atoms with E-state index < -0.39 is 23.4 Å². The second-order valence-corrected chi connectivity index (χ2v) is 5.63. The van der Waals surface area contributed by atoms with Crippen molar-refractivity contribution in [2.75, 3.05) is 4.90 Å². The number of carbonyl (C=O) groups is 1. The minimum Gasteiger partial charge on any atom is -0.286 e. The lowest BCUT2D eigenvalue weighted by molar-refractivity contribution is 0.250. The third kappa shape index (κ3) is 2.51. The molecule has 0 N–H and O–H groups in total. The Kier molecular flexibility index (Phi) is 3.45. The van der Waals surface area contributed by atoms with Gasteiger partial charge in [-0.15, -0.1) is 0 Å². The first-order chi connectivity index (χ1) is 12.0. The number of anilines is 1. The molecule has 1 aromatic heterocycles. The molecular weight excluding hydrogens is 330 g/mol. The molecule has 0 saturated carbocycles. The normalized spacial score (nSPS) is 13.4. The largest absolute Gasteiger partial charge is 0.354 e. The number of fused-ring (bicyclic) bond motifs is 1. The van der Waals surface area contributed by atoms with Crippen LogP contribution in [0.25, 0.3) is 0 Å². The van der Waals surface area contributed by atoms with Gasteiger partial charge in [-0.05, 0) is 30.3 Å². The van der Waals surface area contributed by atoms with Gasteiger partial charge in [0.05, 0.1) is 13.1 Å². The van der Waals surface area contributed by atoms with E-state index in [9.17, 15) is 18.4 Å². The molecule has 0 bridgehead atoms. The molecule has 0 spiro atoms. The highest BCUT2D eigenvalue weighted by molar-refractivity contribution is 5.95. The Bertz CT molecular complexity index is 1020. The molecule has 0 radical (unpaired) electrons. The summed E-state index contributed by atoms with van der Waals surface area (Å²) in [5.41, 5.74) is 0.147. The van der Waals surface area contributed by atoms with Crippen LogP contribution in [0.15, 0.2) is 53.3 Å². The van der Waals surface area contributed by atoms with Crippen molar-refractivity contribution < 1.29 is 13.6 Å². The molecule has 6 nitrogen and oxygen atoms in total. The number of carbonyl (C=O) groups excluding carboxylic acids is 1. The number of hydrogen-bond donors (Lipinski definition) is 0. The van der Waals surface area contributed by atoms with Gasteiger partial charge in [0.25, 0.3) is 0 Å². The molecule has 0 atom stereocenters. The van der Waals surface area contributed by atoms with Crippen LogP contribution in [0, 0.1) is 11.6 Å². The first-order valence-electron chi connectivity index (χ1n) is 7.54. The topological polar surface area (TPSA) is 60.1 Å². The summed E-state index contributed by atoms with van der Waals surface area (Å²) in [6.07, 6.45) is 0. The van der Waals surface area contributed by atoms with Crippen LogP contribution >= 0.6 is 0 Å². The Balaban J connectivity index is 1.65. The molecule has 0 saturated heterocycles. The lowest BCUT2D eigenvalue weighted by Crippen LogP contribution is -2.35. The smallest absolute Gasteiger partial charge is 0.286 e. The maximum absolute atomic E-state index is 13.7. The Labute approximate surface area is 140 Å². The molecular formula is C17H12F2N4O2. The quantitative estimate of drug-likeness (QED) is 0.734. The van der Waals surface area contributed by atoms with Gasteiger partial charge in [0.15, 0.2) is 5.82 Å². The summed E-state index contributed by atoms with van der Waals surface area (Å²) in [4.78, 5) is 26.3. The van der Waals surface area contributed by atoms with Crippen LogP contribution in [0.4, 0.5) is 19.3 Å². The van der Waals surface area contributed by atoms with Gasteiger partial charge in [-0.2, -0.15) is 9.67 Å². The summed E-state index contributed by atoms with van der Waals surface area (Å²) in [6.45, 7) is 0.0271. The average molecular weight is 342 g/mol. The fourth-order valence-corrected chi connectivity index (χ4v) is 2.79. The third-order valence-corrected chi connectivity index (χ3v) is 4.04. The van der Waals surface area contributed by atoms with Crippen LogP contribution in [0.3, 0.4) is 0 Å². The molecule has 1 amide bonds. The summed E-state index contributed by atoms with van der Waals surface area (Å²) in [5.74, 6) is -0.599. The van der Waals surface area contributed by atoms with Gasteiger partial charge in [0.1, 0.15) is 11.6 Å². The third-order valence-electron chi connectivity index (χ3n) is 4.04. The SMILES string of the molecule is O=C1N(c2ccc(F)cc2)Cc2nn(Cc3ccccc3F)c(=O)n21. The van der Waals surface area contributed by atoms with Crippen molar-refractivity contribution in [1.82, 2.24) is 14.3 Å². The Morgan fingerprint density at radius 2 is 1.72 bits per heavy atom. The van der Waals surface area contributed by atoms with Crippen molar-refractivity contribution in [3.05, 3.63) is 82.0 Å². The van der Waals surface area contributed by atoms with Crippen LogP contribution < -0.4 is 10.6 Å². The Morgan fingerprint density at radius 1 is 1.00 bits per heavy atom. The predicted molar refractivity (Wildman–Crippen MR) is 85.4 cm³/mol. The summed E-state index contributed by atoms with van der Waals surface area (Å²) >= 11 is 0. The van der Waals surface area contributed by atoms with Gasteiger partial charge in [-0.1, -0.05) is 18.2 Å². The van der Waals surface area contributed by atoms with Gasteiger partial charge < -0.3 is 0 Å². The zero-order chi connectivity index (χ0) is 17.6. The van der Waals surface area contributed by atoms with E-state index in [2.05, 4.69) is 5.10 Å². The summed E-state index contributed by atoms with van der Waals surface area (Å²) in [5, 5.41) is 4.13. The molecule has 1 aliphatic heterocycles. The first kappa shape index (κ1) is 15.3. The highest BCUT2D eigenvalue weighted by Gasteiger charge is 2.33. The van der Waals surface area contributed by atoms with Gasteiger partial charge in [0.2, 0.25) is 0 Å². The molecule has 8 heteroatoms. The number of aromatic nitrogens is 3. The van der Waals surface area contributed by atoms with Crippen molar-refractivity contribution in [2.24, 2.45) is 0 Å². The van der Waals surface area contributed by atoms with E-state index in [4.69, 9.17) is 0 Å². The average Bonchev–Trinajstić information content (AvgIpc) is 3.08. The Morgan fingerprint density at radius 3 is 2.40 bits per heavy atom. The molecule has 0 aliphatic carbocycles. The highest BCUT2D eigenvalue weighted by atomic mass is 19.1.